The fourth-order valence-corrected chi connectivity index (χ4v) is 2.96. The Labute approximate surface area is 125 Å². The van der Waals surface area contributed by atoms with Gasteiger partial charge in [-0.1, -0.05) is 25.4 Å². The summed E-state index contributed by atoms with van der Waals surface area (Å²) in [5, 5.41) is 0.230. The van der Waals surface area contributed by atoms with E-state index in [0.29, 0.717) is 23.1 Å². The van der Waals surface area contributed by atoms with Gasteiger partial charge in [-0.25, -0.2) is 4.98 Å². The maximum absolute atomic E-state index is 12.5. The van der Waals surface area contributed by atoms with Crippen LogP contribution in [-0.4, -0.2) is 28.9 Å². The highest BCUT2D eigenvalue weighted by atomic mass is 35.5. The van der Waals surface area contributed by atoms with E-state index in [0.717, 1.165) is 25.9 Å². The second-order valence-electron chi connectivity index (χ2n) is 5.83. The zero-order chi connectivity index (χ0) is 14.7. The molecule has 0 aliphatic carbocycles. The van der Waals surface area contributed by atoms with Crippen molar-refractivity contribution in [2.45, 2.75) is 33.1 Å². The van der Waals surface area contributed by atoms with Crippen molar-refractivity contribution >= 4 is 23.2 Å². The number of nitrogen functional groups attached to an aromatic ring is 1. The van der Waals surface area contributed by atoms with Crippen LogP contribution in [-0.2, 0) is 0 Å². The van der Waals surface area contributed by atoms with Crippen molar-refractivity contribution in [2.24, 2.45) is 11.8 Å². The first-order valence-corrected chi connectivity index (χ1v) is 7.57. The molecule has 1 aromatic rings. The van der Waals surface area contributed by atoms with Crippen LogP contribution >= 0.6 is 11.6 Å². The van der Waals surface area contributed by atoms with Crippen LogP contribution in [0, 0.1) is 11.8 Å². The van der Waals surface area contributed by atoms with Crippen LogP contribution in [0.2, 0.25) is 5.15 Å². The average molecular weight is 296 g/mol. The van der Waals surface area contributed by atoms with Gasteiger partial charge in [0.15, 0.2) is 0 Å². The first-order valence-electron chi connectivity index (χ1n) is 7.19. The number of nitrogens with two attached hydrogens (primary N) is 1. The van der Waals surface area contributed by atoms with Crippen molar-refractivity contribution in [2.75, 3.05) is 18.8 Å². The molecule has 1 fully saturated rings. The van der Waals surface area contributed by atoms with E-state index in [-0.39, 0.29) is 11.1 Å². The van der Waals surface area contributed by atoms with E-state index in [1.807, 2.05) is 4.90 Å². The second kappa shape index (κ2) is 6.44. The minimum absolute atomic E-state index is 0.0563. The topological polar surface area (TPSA) is 59.2 Å². The van der Waals surface area contributed by atoms with Gasteiger partial charge in [0.2, 0.25) is 0 Å². The molecule has 0 bridgehead atoms. The van der Waals surface area contributed by atoms with Gasteiger partial charge in [-0.05, 0) is 37.2 Å². The van der Waals surface area contributed by atoms with Crippen LogP contribution in [0.25, 0.3) is 0 Å². The molecule has 0 aromatic carbocycles. The lowest BCUT2D eigenvalue weighted by molar-refractivity contribution is 0.0758. The normalized spacial score (nSPS) is 20.0. The summed E-state index contributed by atoms with van der Waals surface area (Å²) in [4.78, 5) is 18.4. The molecule has 4 nitrogen and oxygen atoms in total. The number of amides is 1. The van der Waals surface area contributed by atoms with Crippen LogP contribution < -0.4 is 5.73 Å². The van der Waals surface area contributed by atoms with Crippen LogP contribution in [0.3, 0.4) is 0 Å². The summed E-state index contributed by atoms with van der Waals surface area (Å²) in [6.07, 6.45) is 4.75. The van der Waals surface area contributed by atoms with Gasteiger partial charge in [-0.15, -0.1) is 0 Å². The predicted molar refractivity (Wildman–Crippen MR) is 81.7 cm³/mol. The molecular weight excluding hydrogens is 274 g/mol. The molecule has 1 aromatic heterocycles. The van der Waals surface area contributed by atoms with Gasteiger partial charge in [-0.3, -0.25) is 4.79 Å². The molecule has 2 heterocycles. The number of rotatable bonds is 2. The molecular formula is C15H22ClN3O. The number of hydrogen-bond acceptors (Lipinski definition) is 3. The largest absolute Gasteiger partial charge is 0.397 e. The first kappa shape index (κ1) is 15.1. The zero-order valence-corrected chi connectivity index (χ0v) is 12.9. The van der Waals surface area contributed by atoms with Gasteiger partial charge < -0.3 is 10.6 Å². The molecule has 1 atom stereocenters. The lowest BCUT2D eigenvalue weighted by Crippen LogP contribution is -2.32. The van der Waals surface area contributed by atoms with Gasteiger partial charge in [0, 0.05) is 13.1 Å². The van der Waals surface area contributed by atoms with Gasteiger partial charge in [0.25, 0.3) is 5.91 Å². The molecule has 1 aliphatic rings. The number of hydrogen-bond donors (Lipinski definition) is 1. The molecule has 1 saturated heterocycles. The maximum Gasteiger partial charge on any atom is 0.257 e. The number of anilines is 1. The quantitative estimate of drug-likeness (QED) is 0.852. The number of nitrogens with zero attached hydrogens (tertiary/aromatic N) is 2. The maximum atomic E-state index is 12.5. The Kier molecular flexibility index (Phi) is 4.86. The van der Waals surface area contributed by atoms with Gasteiger partial charge >= 0.3 is 0 Å². The van der Waals surface area contributed by atoms with Gasteiger partial charge in [0.1, 0.15) is 5.15 Å². The summed E-state index contributed by atoms with van der Waals surface area (Å²) < 4.78 is 0. The van der Waals surface area contributed by atoms with Crippen LogP contribution in [0.5, 0.6) is 0 Å². The lowest BCUT2D eigenvalue weighted by atomic mass is 9.89. The Hall–Kier alpha value is -1.29. The number of aromatic nitrogens is 1. The Morgan fingerprint density at radius 2 is 2.20 bits per heavy atom. The second-order valence-corrected chi connectivity index (χ2v) is 6.19. The van der Waals surface area contributed by atoms with Crippen molar-refractivity contribution in [3.05, 3.63) is 23.0 Å². The number of carbonyl (C=O) groups is 1. The highest BCUT2D eigenvalue weighted by molar-refractivity contribution is 6.32. The standard InChI is InChI=1S/C15H22ClN3O/c1-10(2)11-4-3-6-19(7-5-11)15(20)13-8-12(17)9-18-14(13)16/h8-11H,3-7,17H2,1-2H3. The molecule has 0 spiro atoms. The van der Waals surface area contributed by atoms with Crippen LogP contribution in [0.1, 0.15) is 43.5 Å². The third-order valence-corrected chi connectivity index (χ3v) is 4.39. The van der Waals surface area contributed by atoms with E-state index in [1.54, 1.807) is 6.07 Å². The van der Waals surface area contributed by atoms with E-state index in [1.165, 1.54) is 12.6 Å². The van der Waals surface area contributed by atoms with E-state index in [4.69, 9.17) is 17.3 Å². The third kappa shape index (κ3) is 3.42. The fraction of sp³-hybridized carbons (Fsp3) is 0.600. The lowest BCUT2D eigenvalue weighted by Gasteiger charge is -2.22. The Bertz CT molecular complexity index is 490. The van der Waals surface area contributed by atoms with Crippen molar-refractivity contribution < 1.29 is 4.79 Å². The smallest absolute Gasteiger partial charge is 0.257 e. The van der Waals surface area contributed by atoms with E-state index >= 15 is 0 Å². The van der Waals surface area contributed by atoms with Crippen molar-refractivity contribution in [1.82, 2.24) is 9.88 Å². The summed E-state index contributed by atoms with van der Waals surface area (Å²) in [5.74, 6) is 1.31. The van der Waals surface area contributed by atoms with Gasteiger partial charge in [-0.2, -0.15) is 0 Å². The Morgan fingerprint density at radius 1 is 1.45 bits per heavy atom. The van der Waals surface area contributed by atoms with Crippen molar-refractivity contribution in [3.8, 4) is 0 Å². The number of halogens is 1. The summed E-state index contributed by atoms with van der Waals surface area (Å²) in [5.41, 5.74) is 6.57. The molecule has 1 unspecified atom stereocenters. The molecule has 2 rings (SSSR count). The SMILES string of the molecule is CC(C)C1CCCN(C(=O)c2cc(N)cnc2Cl)CC1. The zero-order valence-electron chi connectivity index (χ0n) is 12.1. The predicted octanol–water partition coefficient (Wildman–Crippen LogP) is 3.22. The average Bonchev–Trinajstić information content (AvgIpc) is 2.66. The monoisotopic (exact) mass is 295 g/mol. The number of carbonyl (C=O) groups excluding carboxylic acids is 1. The first-order chi connectivity index (χ1) is 9.49. The van der Waals surface area contributed by atoms with Crippen molar-refractivity contribution in [1.29, 1.82) is 0 Å². The van der Waals surface area contributed by atoms with Crippen molar-refractivity contribution in [3.63, 3.8) is 0 Å². The summed E-state index contributed by atoms with van der Waals surface area (Å²) >= 11 is 6.02. The molecule has 110 valence electrons. The van der Waals surface area contributed by atoms with E-state index in [2.05, 4.69) is 18.8 Å². The number of pyridine rings is 1. The molecule has 2 N–H and O–H groups in total. The molecule has 0 radical (unpaired) electrons. The van der Waals surface area contributed by atoms with E-state index in [9.17, 15) is 4.79 Å². The molecule has 1 aliphatic heterocycles. The highest BCUT2D eigenvalue weighted by Crippen LogP contribution is 2.26. The van der Waals surface area contributed by atoms with Crippen LogP contribution in [0.15, 0.2) is 12.3 Å². The minimum Gasteiger partial charge on any atom is -0.397 e. The Morgan fingerprint density at radius 3 is 2.90 bits per heavy atom. The van der Waals surface area contributed by atoms with E-state index < -0.39 is 0 Å². The Balaban J connectivity index is 2.11. The molecule has 5 heteroatoms. The number of likely N-dealkylation sites (tertiary alicyclic amines) is 1. The summed E-state index contributed by atoms with van der Waals surface area (Å²) in [6.45, 7) is 6.07. The summed E-state index contributed by atoms with van der Waals surface area (Å²) in [7, 11) is 0. The van der Waals surface area contributed by atoms with Gasteiger partial charge in [0.05, 0.1) is 17.4 Å². The fourth-order valence-electron chi connectivity index (χ4n) is 2.78. The third-order valence-electron chi connectivity index (χ3n) is 4.09. The molecule has 1 amide bonds. The minimum atomic E-state index is -0.0563. The molecule has 0 saturated carbocycles. The van der Waals surface area contributed by atoms with Crippen LogP contribution in [0.4, 0.5) is 5.69 Å². The highest BCUT2D eigenvalue weighted by Gasteiger charge is 2.24. The summed E-state index contributed by atoms with van der Waals surface area (Å²) in [6, 6.07) is 1.61. The molecule has 20 heavy (non-hydrogen) atoms.